The molecule has 13 nitrogen and oxygen atoms in total. The minimum atomic E-state index is -1.34. The number of imide groups is 2. The highest BCUT2D eigenvalue weighted by Crippen LogP contribution is 2.65. The van der Waals surface area contributed by atoms with Crippen molar-refractivity contribution in [2.45, 2.75) is 32.6 Å². The molecule has 4 aliphatic rings. The Labute approximate surface area is 378 Å². The molecule has 324 valence electrons. The number of allylic oxidation sites excluding steroid dienone is 2. The fourth-order valence-electron chi connectivity index (χ4n) is 10.6. The van der Waals surface area contributed by atoms with Crippen molar-refractivity contribution >= 4 is 85.2 Å². The molecule has 6 aromatic rings. The number of hydrogen-bond acceptors (Lipinski definition) is 11. The third kappa shape index (κ3) is 6.28. The van der Waals surface area contributed by atoms with E-state index in [1.54, 1.807) is 59.5 Å². The number of aryl methyl sites for hydroxylation is 2. The predicted octanol–water partition coefficient (Wildman–Crippen LogP) is 9.89. The molecule has 2 aliphatic heterocycles. The molecule has 2 aromatic heterocycles. The Hall–Kier alpha value is -6.64. The van der Waals surface area contributed by atoms with Crippen molar-refractivity contribution < 1.29 is 29.0 Å². The fourth-order valence-corrected chi connectivity index (χ4v) is 11.9. The third-order valence-electron chi connectivity index (χ3n) is 13.8. The summed E-state index contributed by atoms with van der Waals surface area (Å²) in [5.74, 6) is -4.46. The van der Waals surface area contributed by atoms with Crippen molar-refractivity contribution in [3.63, 3.8) is 0 Å². The standard InChI is InChI=1S/C49H44ClN7O6S/c1-25-35-21-26(50)7-20-40(35)64-44(25)38-24-41(55(5)53-38)57-46(60)37-23-36-32(43(49(37,2)48(57)62)33-17-16-31(58)22-39(33)63-6)18-19-34-42(36)47(61)56(45(34)59)30-14-10-28(11-15-30)52-51-27-8-12-29(13-9-27)54(3)4/h7-18,20-22,24,34,36-37,42-43,58H,19,23H2,1-6H3/t34-,36+,37-,42-,43+,49+/m0/s1. The zero-order valence-corrected chi connectivity index (χ0v) is 37.5. The van der Waals surface area contributed by atoms with Gasteiger partial charge < -0.3 is 14.7 Å². The number of anilines is 3. The van der Waals surface area contributed by atoms with Crippen LogP contribution < -0.4 is 19.4 Å². The maximum absolute atomic E-state index is 15.3. The second-order valence-corrected chi connectivity index (χ2v) is 18.9. The van der Waals surface area contributed by atoms with E-state index in [1.807, 2.05) is 81.4 Å². The number of benzene rings is 4. The van der Waals surface area contributed by atoms with Gasteiger partial charge in [0.1, 0.15) is 23.0 Å². The van der Waals surface area contributed by atoms with Gasteiger partial charge in [-0.2, -0.15) is 15.3 Å². The van der Waals surface area contributed by atoms with Gasteiger partial charge in [0.25, 0.3) is 0 Å². The molecule has 1 N–H and O–H groups in total. The number of phenolic OH excluding ortho intramolecular Hbond substituents is 1. The van der Waals surface area contributed by atoms with Crippen molar-refractivity contribution in [2.24, 2.45) is 46.4 Å². The molecule has 6 atom stereocenters. The van der Waals surface area contributed by atoms with Gasteiger partial charge in [-0.05, 0) is 116 Å². The molecular formula is C49H44ClN7O6S. The van der Waals surface area contributed by atoms with Gasteiger partial charge in [-0.15, -0.1) is 11.3 Å². The van der Waals surface area contributed by atoms with E-state index in [0.29, 0.717) is 44.9 Å². The molecule has 0 radical (unpaired) electrons. The van der Waals surface area contributed by atoms with Gasteiger partial charge in [0.15, 0.2) is 0 Å². The molecule has 10 rings (SSSR count). The molecule has 2 aliphatic carbocycles. The van der Waals surface area contributed by atoms with Crippen LogP contribution in [-0.4, -0.2) is 59.7 Å². The number of aromatic nitrogens is 2. The molecule has 15 heteroatoms. The Morgan fingerprint density at radius 2 is 1.58 bits per heavy atom. The Balaban J connectivity index is 1.00. The topological polar surface area (TPSA) is 150 Å². The Morgan fingerprint density at radius 3 is 2.27 bits per heavy atom. The minimum Gasteiger partial charge on any atom is -0.508 e. The molecule has 0 spiro atoms. The molecule has 0 bridgehead atoms. The first-order valence-electron chi connectivity index (χ1n) is 21.0. The minimum absolute atomic E-state index is 0.0256. The number of amides is 4. The highest BCUT2D eigenvalue weighted by molar-refractivity contribution is 7.22. The Morgan fingerprint density at radius 1 is 0.875 bits per heavy atom. The lowest BCUT2D eigenvalue weighted by atomic mass is 9.51. The number of ether oxygens (including phenoxy) is 1. The number of carbonyl (C=O) groups excluding carboxylic acids is 4. The van der Waals surface area contributed by atoms with E-state index in [2.05, 4.69) is 10.2 Å². The number of halogens is 1. The molecule has 2 saturated heterocycles. The average molecular weight is 894 g/mol. The van der Waals surface area contributed by atoms with Crippen LogP contribution in [0.1, 0.15) is 36.8 Å². The summed E-state index contributed by atoms with van der Waals surface area (Å²) < 4.78 is 8.44. The van der Waals surface area contributed by atoms with Gasteiger partial charge in [-0.3, -0.25) is 28.8 Å². The van der Waals surface area contributed by atoms with Crippen molar-refractivity contribution in [3.8, 4) is 22.1 Å². The van der Waals surface area contributed by atoms with Gasteiger partial charge in [-0.1, -0.05) is 29.3 Å². The van der Waals surface area contributed by atoms with E-state index in [4.69, 9.17) is 21.4 Å². The highest BCUT2D eigenvalue weighted by Gasteiger charge is 2.68. The molecule has 4 amide bonds. The monoisotopic (exact) mass is 893 g/mol. The van der Waals surface area contributed by atoms with Crippen LogP contribution in [0.15, 0.2) is 113 Å². The molecule has 4 heterocycles. The molecule has 64 heavy (non-hydrogen) atoms. The SMILES string of the molecule is COc1cc(O)ccc1[C@H]1C2=CC[C@@H]3C(=O)N(c4ccc(N=Nc5ccc(N(C)C)cc5)cc4)C(=O)[C@@H]3[C@@H]2C[C@H]2C(=O)N(c3cc(-c4sc5ccc(Cl)cc5c4C)nn3C)C(=O)[C@@]12C. The molecular weight excluding hydrogens is 850 g/mol. The number of hydrogen-bond donors (Lipinski definition) is 1. The number of azo groups is 1. The first-order chi connectivity index (χ1) is 30.7. The maximum Gasteiger partial charge on any atom is 0.242 e. The normalized spacial score (nSPS) is 24.1. The van der Waals surface area contributed by atoms with E-state index in [-0.39, 0.29) is 30.4 Å². The first-order valence-corrected chi connectivity index (χ1v) is 22.2. The third-order valence-corrected chi connectivity index (χ3v) is 15.3. The Kier molecular flexibility index (Phi) is 9.87. The van der Waals surface area contributed by atoms with Crippen molar-refractivity contribution in [1.29, 1.82) is 0 Å². The zero-order valence-electron chi connectivity index (χ0n) is 35.9. The second-order valence-electron chi connectivity index (χ2n) is 17.4. The fraction of sp³-hybridized carbons (Fsp3) is 0.286. The largest absolute Gasteiger partial charge is 0.508 e. The lowest BCUT2D eigenvalue weighted by Gasteiger charge is -2.49. The van der Waals surface area contributed by atoms with Crippen molar-refractivity contribution in [3.05, 3.63) is 119 Å². The van der Waals surface area contributed by atoms with Gasteiger partial charge in [0.05, 0.1) is 52.2 Å². The molecule has 1 saturated carbocycles. The smallest absolute Gasteiger partial charge is 0.242 e. The summed E-state index contributed by atoms with van der Waals surface area (Å²) in [7, 11) is 7.14. The summed E-state index contributed by atoms with van der Waals surface area (Å²) in [5.41, 5.74) is 4.36. The number of thiophene rings is 1. The van der Waals surface area contributed by atoms with Crippen molar-refractivity contribution in [2.75, 3.05) is 35.9 Å². The quantitative estimate of drug-likeness (QED) is 0.0902. The van der Waals surface area contributed by atoms with Gasteiger partial charge >= 0.3 is 0 Å². The van der Waals surface area contributed by atoms with Crippen molar-refractivity contribution in [1.82, 2.24) is 9.78 Å². The summed E-state index contributed by atoms with van der Waals surface area (Å²) >= 11 is 7.91. The van der Waals surface area contributed by atoms with E-state index in [0.717, 1.165) is 31.8 Å². The van der Waals surface area contributed by atoms with E-state index in [1.165, 1.54) is 29.0 Å². The summed E-state index contributed by atoms with van der Waals surface area (Å²) in [5, 5.41) is 25.7. The van der Waals surface area contributed by atoms with Crippen LogP contribution in [-0.2, 0) is 26.2 Å². The van der Waals surface area contributed by atoms with Crippen LogP contribution in [0.4, 0.5) is 28.6 Å². The zero-order chi connectivity index (χ0) is 44.9. The number of phenols is 1. The predicted molar refractivity (Wildman–Crippen MR) is 247 cm³/mol. The van der Waals surface area contributed by atoms with E-state index >= 15 is 9.59 Å². The number of nitrogens with zero attached hydrogens (tertiary/aromatic N) is 7. The molecule has 3 fully saturated rings. The highest BCUT2D eigenvalue weighted by atomic mass is 35.5. The van der Waals surface area contributed by atoms with Crippen LogP contribution in [0.5, 0.6) is 11.5 Å². The Bertz CT molecular complexity index is 3010. The van der Waals surface area contributed by atoms with E-state index in [9.17, 15) is 14.7 Å². The van der Waals surface area contributed by atoms with Crippen LogP contribution in [0.3, 0.4) is 0 Å². The summed E-state index contributed by atoms with van der Waals surface area (Å²) in [6, 6.07) is 26.8. The number of fused-ring (bicyclic) bond motifs is 5. The summed E-state index contributed by atoms with van der Waals surface area (Å²) in [6.45, 7) is 3.82. The number of rotatable bonds is 8. The molecule has 4 aromatic carbocycles. The van der Waals surface area contributed by atoms with Crippen LogP contribution in [0.2, 0.25) is 5.02 Å². The second kappa shape index (κ2) is 15.3. The van der Waals surface area contributed by atoms with Crippen LogP contribution in [0, 0.1) is 36.0 Å². The first kappa shape index (κ1) is 41.4. The van der Waals surface area contributed by atoms with Gasteiger partial charge in [-0.25, -0.2) is 4.90 Å². The number of carbonyl (C=O) groups is 4. The lowest BCUT2D eigenvalue weighted by Crippen LogP contribution is -2.49. The average Bonchev–Trinajstić information content (AvgIpc) is 3.96. The van der Waals surface area contributed by atoms with E-state index < -0.39 is 46.8 Å². The number of methoxy groups -OCH3 is 1. The van der Waals surface area contributed by atoms with Crippen LogP contribution >= 0.6 is 22.9 Å². The lowest BCUT2D eigenvalue weighted by molar-refractivity contribution is -0.131. The number of aromatic hydroxyl groups is 1. The maximum atomic E-state index is 15.3. The summed E-state index contributed by atoms with van der Waals surface area (Å²) in [6.07, 6.45) is 2.43. The molecule has 0 unspecified atom stereocenters. The van der Waals surface area contributed by atoms with Gasteiger partial charge in [0, 0.05) is 60.2 Å². The van der Waals surface area contributed by atoms with Gasteiger partial charge in [0.2, 0.25) is 23.6 Å². The summed E-state index contributed by atoms with van der Waals surface area (Å²) in [4.78, 5) is 64.9. The van der Waals surface area contributed by atoms with Crippen LogP contribution in [0.25, 0.3) is 20.7 Å².